The predicted molar refractivity (Wildman–Crippen MR) is 77.9 cm³/mol. The molecule has 2 rings (SSSR count). The number of hydrogen-bond acceptors (Lipinski definition) is 3. The van der Waals surface area contributed by atoms with Crippen molar-refractivity contribution in [2.75, 3.05) is 0 Å². The van der Waals surface area contributed by atoms with Gasteiger partial charge in [-0.3, -0.25) is 9.78 Å². The molecule has 19 heavy (non-hydrogen) atoms. The first-order chi connectivity index (χ1) is 8.89. The molecule has 0 amide bonds. The number of Topliss-reactive ketones (excluding diaryl/α,β-unsaturated/α-hetero) is 1. The quantitative estimate of drug-likeness (QED) is 0.918. The fourth-order valence-electron chi connectivity index (χ4n) is 2.09. The van der Waals surface area contributed by atoms with E-state index in [0.29, 0.717) is 6.42 Å². The van der Waals surface area contributed by atoms with Crippen molar-refractivity contribution < 1.29 is 4.79 Å². The third-order valence-corrected chi connectivity index (χ3v) is 3.38. The van der Waals surface area contributed by atoms with Crippen molar-refractivity contribution in [3.05, 3.63) is 42.1 Å². The molecule has 1 aromatic carbocycles. The van der Waals surface area contributed by atoms with Crippen LogP contribution in [0.15, 0.2) is 36.5 Å². The third-order valence-electron chi connectivity index (χ3n) is 3.38. The second-order valence-electron chi connectivity index (χ2n) is 5.97. The zero-order chi connectivity index (χ0) is 14.0. The fraction of sp³-hybridized carbons (Fsp3) is 0.375. The minimum absolute atomic E-state index is 0.0730. The molecule has 0 aliphatic heterocycles. The second kappa shape index (κ2) is 5.10. The lowest BCUT2D eigenvalue weighted by Gasteiger charge is -2.25. The van der Waals surface area contributed by atoms with Gasteiger partial charge in [-0.05, 0) is 23.1 Å². The molecule has 0 saturated heterocycles. The Kier molecular flexibility index (Phi) is 3.67. The number of benzene rings is 1. The van der Waals surface area contributed by atoms with Crippen LogP contribution < -0.4 is 5.73 Å². The summed E-state index contributed by atoms with van der Waals surface area (Å²) >= 11 is 0. The van der Waals surface area contributed by atoms with Crippen molar-refractivity contribution in [2.24, 2.45) is 11.1 Å². The van der Waals surface area contributed by atoms with Gasteiger partial charge in [0.05, 0.1) is 11.6 Å². The molecule has 0 spiro atoms. The number of hydrogen-bond donors (Lipinski definition) is 1. The van der Waals surface area contributed by atoms with Crippen molar-refractivity contribution in [1.82, 2.24) is 4.98 Å². The highest BCUT2D eigenvalue weighted by molar-refractivity contribution is 5.91. The van der Waals surface area contributed by atoms with E-state index in [1.807, 2.05) is 51.1 Å². The molecular formula is C16H20N2O. The maximum Gasteiger partial charge on any atom is 0.154 e. The van der Waals surface area contributed by atoms with Crippen LogP contribution in [-0.4, -0.2) is 16.8 Å². The molecule has 0 bridgehead atoms. The standard InChI is InChI=1S/C16H20N2O/c1-16(2,3)15(17)14(19)10-11-8-9-18-13-7-5-4-6-12(11)13/h4-9,15H,10,17H2,1-3H3. The van der Waals surface area contributed by atoms with Gasteiger partial charge in [-0.1, -0.05) is 39.0 Å². The molecule has 3 heteroatoms. The van der Waals surface area contributed by atoms with E-state index in [4.69, 9.17) is 5.73 Å². The van der Waals surface area contributed by atoms with Gasteiger partial charge in [0.25, 0.3) is 0 Å². The molecule has 1 atom stereocenters. The Labute approximate surface area is 113 Å². The summed E-state index contributed by atoms with van der Waals surface area (Å²) in [5, 5.41) is 1.03. The highest BCUT2D eigenvalue weighted by Crippen LogP contribution is 2.21. The molecule has 0 saturated carbocycles. The third kappa shape index (κ3) is 2.99. The van der Waals surface area contributed by atoms with Crippen LogP contribution in [0.3, 0.4) is 0 Å². The van der Waals surface area contributed by atoms with Gasteiger partial charge in [0, 0.05) is 18.0 Å². The first kappa shape index (κ1) is 13.7. The Morgan fingerprint density at radius 3 is 2.63 bits per heavy atom. The summed E-state index contributed by atoms with van der Waals surface area (Å²) in [7, 11) is 0. The zero-order valence-electron chi connectivity index (χ0n) is 11.7. The van der Waals surface area contributed by atoms with Crippen LogP contribution in [0.5, 0.6) is 0 Å². The van der Waals surface area contributed by atoms with Crippen molar-refractivity contribution in [3.63, 3.8) is 0 Å². The van der Waals surface area contributed by atoms with E-state index in [-0.39, 0.29) is 11.2 Å². The molecule has 0 radical (unpaired) electrons. The summed E-state index contributed by atoms with van der Waals surface area (Å²) < 4.78 is 0. The SMILES string of the molecule is CC(C)(C)C(N)C(=O)Cc1ccnc2ccccc12. The number of ketones is 1. The van der Waals surface area contributed by atoms with Gasteiger partial charge in [0.15, 0.2) is 5.78 Å². The van der Waals surface area contributed by atoms with Crippen LogP contribution in [0.25, 0.3) is 10.9 Å². The Morgan fingerprint density at radius 1 is 1.26 bits per heavy atom. The van der Waals surface area contributed by atoms with Crippen LogP contribution in [0, 0.1) is 5.41 Å². The monoisotopic (exact) mass is 256 g/mol. The Balaban J connectivity index is 2.29. The molecule has 100 valence electrons. The second-order valence-corrected chi connectivity index (χ2v) is 5.97. The minimum atomic E-state index is -0.445. The summed E-state index contributed by atoms with van der Waals surface area (Å²) in [6.07, 6.45) is 2.11. The van der Waals surface area contributed by atoms with E-state index in [2.05, 4.69) is 4.98 Å². The van der Waals surface area contributed by atoms with E-state index in [1.54, 1.807) is 6.20 Å². The van der Waals surface area contributed by atoms with Crippen LogP contribution in [0.4, 0.5) is 0 Å². The van der Waals surface area contributed by atoms with E-state index in [1.165, 1.54) is 0 Å². The largest absolute Gasteiger partial charge is 0.321 e. The minimum Gasteiger partial charge on any atom is -0.321 e. The molecule has 0 aliphatic carbocycles. The molecule has 3 nitrogen and oxygen atoms in total. The number of aromatic nitrogens is 1. The van der Waals surface area contributed by atoms with E-state index >= 15 is 0 Å². The summed E-state index contributed by atoms with van der Waals surface area (Å²) in [5.74, 6) is 0.0730. The molecular weight excluding hydrogens is 236 g/mol. The predicted octanol–water partition coefficient (Wildman–Crippen LogP) is 2.72. The number of rotatable bonds is 3. The maximum absolute atomic E-state index is 12.3. The summed E-state index contributed by atoms with van der Waals surface area (Å²) in [6, 6.07) is 9.30. The number of fused-ring (bicyclic) bond motifs is 1. The Hall–Kier alpha value is -1.74. The van der Waals surface area contributed by atoms with Gasteiger partial charge in [-0.2, -0.15) is 0 Å². The van der Waals surface area contributed by atoms with Gasteiger partial charge >= 0.3 is 0 Å². The zero-order valence-corrected chi connectivity index (χ0v) is 11.7. The Bertz CT molecular complexity index is 594. The summed E-state index contributed by atoms with van der Waals surface area (Å²) in [5.41, 5.74) is 7.72. The first-order valence-corrected chi connectivity index (χ1v) is 6.50. The lowest BCUT2D eigenvalue weighted by Crippen LogP contribution is -2.43. The van der Waals surface area contributed by atoms with Gasteiger partial charge in [0.1, 0.15) is 0 Å². The van der Waals surface area contributed by atoms with Gasteiger partial charge in [0.2, 0.25) is 0 Å². The molecule has 1 aromatic heterocycles. The molecule has 0 fully saturated rings. The topological polar surface area (TPSA) is 56.0 Å². The number of nitrogens with two attached hydrogens (primary N) is 1. The number of nitrogens with zero attached hydrogens (tertiary/aromatic N) is 1. The molecule has 1 heterocycles. The summed E-state index contributed by atoms with van der Waals surface area (Å²) in [4.78, 5) is 16.6. The van der Waals surface area contributed by atoms with E-state index < -0.39 is 6.04 Å². The van der Waals surface area contributed by atoms with Crippen LogP contribution in [-0.2, 0) is 11.2 Å². The lowest BCUT2D eigenvalue weighted by atomic mass is 9.83. The van der Waals surface area contributed by atoms with E-state index in [0.717, 1.165) is 16.5 Å². The van der Waals surface area contributed by atoms with Gasteiger partial charge in [-0.25, -0.2) is 0 Å². The van der Waals surface area contributed by atoms with Gasteiger partial charge < -0.3 is 5.73 Å². The van der Waals surface area contributed by atoms with Gasteiger partial charge in [-0.15, -0.1) is 0 Å². The van der Waals surface area contributed by atoms with Crippen molar-refractivity contribution in [3.8, 4) is 0 Å². The molecule has 1 unspecified atom stereocenters. The number of pyridine rings is 1. The van der Waals surface area contributed by atoms with Crippen LogP contribution in [0.1, 0.15) is 26.3 Å². The average molecular weight is 256 g/mol. The summed E-state index contributed by atoms with van der Waals surface area (Å²) in [6.45, 7) is 5.96. The number of para-hydroxylation sites is 1. The average Bonchev–Trinajstić information content (AvgIpc) is 2.37. The maximum atomic E-state index is 12.3. The van der Waals surface area contributed by atoms with Crippen molar-refractivity contribution in [1.29, 1.82) is 0 Å². The first-order valence-electron chi connectivity index (χ1n) is 6.50. The molecule has 2 N–H and O–H groups in total. The molecule has 2 aromatic rings. The lowest BCUT2D eigenvalue weighted by molar-refractivity contribution is -0.121. The molecule has 0 aliphatic rings. The number of carbonyl (C=O) groups is 1. The van der Waals surface area contributed by atoms with E-state index in [9.17, 15) is 4.79 Å². The number of carbonyl (C=O) groups excluding carboxylic acids is 1. The Morgan fingerprint density at radius 2 is 1.95 bits per heavy atom. The highest BCUT2D eigenvalue weighted by Gasteiger charge is 2.27. The van der Waals surface area contributed by atoms with Crippen molar-refractivity contribution in [2.45, 2.75) is 33.2 Å². The fourth-order valence-corrected chi connectivity index (χ4v) is 2.09. The van der Waals surface area contributed by atoms with Crippen molar-refractivity contribution >= 4 is 16.7 Å². The van der Waals surface area contributed by atoms with Crippen LogP contribution >= 0.6 is 0 Å². The highest BCUT2D eigenvalue weighted by atomic mass is 16.1. The van der Waals surface area contributed by atoms with Crippen LogP contribution in [0.2, 0.25) is 0 Å². The smallest absolute Gasteiger partial charge is 0.154 e. The normalized spacial score (nSPS) is 13.5.